The highest BCUT2D eigenvalue weighted by Crippen LogP contribution is 2.18. The monoisotopic (exact) mass is 317 g/mol. The number of carbonyl (C=O) groups excluding carboxylic acids is 1. The van der Waals surface area contributed by atoms with Crippen LogP contribution in [0.3, 0.4) is 0 Å². The molecule has 0 aliphatic rings. The maximum absolute atomic E-state index is 12.1. The zero-order chi connectivity index (χ0) is 16.8. The van der Waals surface area contributed by atoms with Gasteiger partial charge in [0.25, 0.3) is 5.91 Å². The Morgan fingerprint density at radius 1 is 1.39 bits per heavy atom. The maximum Gasteiger partial charge on any atom is 0.251 e. The van der Waals surface area contributed by atoms with Crippen molar-refractivity contribution in [3.63, 3.8) is 0 Å². The predicted octanol–water partition coefficient (Wildman–Crippen LogP) is 2.21. The Hall–Kier alpha value is -2.34. The summed E-state index contributed by atoms with van der Waals surface area (Å²) in [7, 11) is 1.86. The molecule has 0 aliphatic heterocycles. The normalized spacial score (nSPS) is 12.0. The van der Waals surface area contributed by atoms with Crippen LogP contribution in [-0.2, 0) is 6.61 Å². The molecule has 1 unspecified atom stereocenters. The molecule has 0 aliphatic carbocycles. The summed E-state index contributed by atoms with van der Waals surface area (Å²) in [5.74, 6) is 1.27. The molecule has 23 heavy (non-hydrogen) atoms. The van der Waals surface area contributed by atoms with Crippen molar-refractivity contribution in [2.75, 3.05) is 13.6 Å². The molecule has 2 rings (SSSR count). The number of rotatable bonds is 7. The van der Waals surface area contributed by atoms with Crippen LogP contribution in [0.2, 0.25) is 0 Å². The van der Waals surface area contributed by atoms with Crippen LogP contribution in [-0.4, -0.2) is 30.7 Å². The number of amides is 1. The standard InChI is InChI=1S/C17H23N3O3/c1-11(18-4)9-19-17(21)14-6-5-7-15(8-14)22-10-16-12(2)20-23-13(16)3/h5-8,11,18H,9-10H2,1-4H3,(H,19,21). The average molecular weight is 317 g/mol. The second-order valence-corrected chi connectivity index (χ2v) is 5.52. The third-order valence-electron chi connectivity index (χ3n) is 3.72. The molecular weight excluding hydrogens is 294 g/mol. The van der Waals surface area contributed by atoms with E-state index in [9.17, 15) is 4.79 Å². The van der Waals surface area contributed by atoms with Crippen molar-refractivity contribution in [3.8, 4) is 5.75 Å². The van der Waals surface area contributed by atoms with Crippen molar-refractivity contribution in [2.24, 2.45) is 0 Å². The highest BCUT2D eigenvalue weighted by Gasteiger charge is 2.11. The van der Waals surface area contributed by atoms with Crippen LogP contribution >= 0.6 is 0 Å². The van der Waals surface area contributed by atoms with Gasteiger partial charge in [-0.1, -0.05) is 11.2 Å². The smallest absolute Gasteiger partial charge is 0.251 e. The summed E-state index contributed by atoms with van der Waals surface area (Å²) in [6.45, 7) is 6.67. The first-order valence-electron chi connectivity index (χ1n) is 7.61. The highest BCUT2D eigenvalue weighted by molar-refractivity contribution is 5.94. The topological polar surface area (TPSA) is 76.4 Å². The Labute approximate surface area is 136 Å². The van der Waals surface area contributed by atoms with Crippen LogP contribution < -0.4 is 15.4 Å². The minimum absolute atomic E-state index is 0.116. The summed E-state index contributed by atoms with van der Waals surface area (Å²) in [5, 5.41) is 9.86. The van der Waals surface area contributed by atoms with Gasteiger partial charge in [-0.3, -0.25) is 4.79 Å². The van der Waals surface area contributed by atoms with E-state index in [1.54, 1.807) is 18.2 Å². The van der Waals surface area contributed by atoms with Gasteiger partial charge < -0.3 is 19.9 Å². The Balaban J connectivity index is 1.98. The van der Waals surface area contributed by atoms with Crippen LogP contribution in [0.25, 0.3) is 0 Å². The van der Waals surface area contributed by atoms with E-state index in [1.807, 2.05) is 33.9 Å². The largest absolute Gasteiger partial charge is 0.489 e. The molecule has 0 fully saturated rings. The van der Waals surface area contributed by atoms with Gasteiger partial charge in [0.05, 0.1) is 11.3 Å². The van der Waals surface area contributed by atoms with Gasteiger partial charge in [-0.05, 0) is 46.0 Å². The van der Waals surface area contributed by atoms with Gasteiger partial charge >= 0.3 is 0 Å². The van der Waals surface area contributed by atoms with E-state index in [0.717, 1.165) is 17.0 Å². The number of nitrogens with one attached hydrogen (secondary N) is 2. The van der Waals surface area contributed by atoms with Crippen LogP contribution in [0.5, 0.6) is 5.75 Å². The summed E-state index contributed by atoms with van der Waals surface area (Å²) in [4.78, 5) is 12.1. The number of benzene rings is 1. The van der Waals surface area contributed by atoms with Gasteiger partial charge in [-0.2, -0.15) is 0 Å². The summed E-state index contributed by atoms with van der Waals surface area (Å²) in [6.07, 6.45) is 0. The number of carbonyl (C=O) groups is 1. The molecule has 0 saturated heterocycles. The average Bonchev–Trinajstić information content (AvgIpc) is 2.89. The molecule has 0 saturated carbocycles. The summed E-state index contributed by atoms with van der Waals surface area (Å²) in [6, 6.07) is 7.35. The molecule has 1 amide bonds. The summed E-state index contributed by atoms with van der Waals surface area (Å²) < 4.78 is 10.9. The Morgan fingerprint density at radius 3 is 2.83 bits per heavy atom. The number of aryl methyl sites for hydroxylation is 2. The number of hydrogen-bond acceptors (Lipinski definition) is 5. The molecule has 0 spiro atoms. The van der Waals surface area contributed by atoms with E-state index in [-0.39, 0.29) is 11.9 Å². The van der Waals surface area contributed by atoms with E-state index in [1.165, 1.54) is 0 Å². The first-order chi connectivity index (χ1) is 11.0. The summed E-state index contributed by atoms with van der Waals surface area (Å²) >= 11 is 0. The van der Waals surface area contributed by atoms with Gasteiger partial charge in [0.2, 0.25) is 0 Å². The van der Waals surface area contributed by atoms with Gasteiger partial charge in [0.15, 0.2) is 0 Å². The van der Waals surface area contributed by atoms with Gasteiger partial charge in [-0.25, -0.2) is 0 Å². The number of hydrogen-bond donors (Lipinski definition) is 2. The molecule has 0 bridgehead atoms. The molecule has 6 nitrogen and oxygen atoms in total. The Kier molecular flexibility index (Phi) is 5.76. The molecule has 1 aromatic carbocycles. The van der Waals surface area contributed by atoms with Crippen molar-refractivity contribution in [3.05, 3.63) is 46.8 Å². The first-order valence-corrected chi connectivity index (χ1v) is 7.61. The van der Waals surface area contributed by atoms with Crippen molar-refractivity contribution in [1.29, 1.82) is 0 Å². The molecule has 2 N–H and O–H groups in total. The number of ether oxygens (including phenoxy) is 1. The van der Waals surface area contributed by atoms with E-state index in [0.29, 0.717) is 24.5 Å². The third-order valence-corrected chi connectivity index (χ3v) is 3.72. The van der Waals surface area contributed by atoms with Gasteiger partial charge in [0.1, 0.15) is 18.1 Å². The highest BCUT2D eigenvalue weighted by atomic mass is 16.5. The second kappa shape index (κ2) is 7.78. The maximum atomic E-state index is 12.1. The number of nitrogens with zero attached hydrogens (tertiary/aromatic N) is 1. The van der Waals surface area contributed by atoms with Crippen LogP contribution in [0, 0.1) is 13.8 Å². The molecule has 0 radical (unpaired) electrons. The second-order valence-electron chi connectivity index (χ2n) is 5.52. The molecular formula is C17H23N3O3. The lowest BCUT2D eigenvalue weighted by Crippen LogP contribution is -2.37. The molecule has 6 heteroatoms. The fourth-order valence-corrected chi connectivity index (χ4v) is 2.04. The predicted molar refractivity (Wildman–Crippen MR) is 87.6 cm³/mol. The first kappa shape index (κ1) is 17.0. The van der Waals surface area contributed by atoms with Crippen LogP contribution in [0.1, 0.15) is 34.3 Å². The molecule has 1 atom stereocenters. The van der Waals surface area contributed by atoms with Gasteiger partial charge in [0, 0.05) is 18.2 Å². The third kappa shape index (κ3) is 4.56. The van der Waals surface area contributed by atoms with E-state index in [4.69, 9.17) is 9.26 Å². The van der Waals surface area contributed by atoms with Crippen LogP contribution in [0.4, 0.5) is 0 Å². The van der Waals surface area contributed by atoms with Crippen molar-refractivity contribution in [1.82, 2.24) is 15.8 Å². The minimum atomic E-state index is -0.116. The lowest BCUT2D eigenvalue weighted by atomic mass is 10.2. The summed E-state index contributed by atoms with van der Waals surface area (Å²) in [5.41, 5.74) is 2.32. The Bertz CT molecular complexity index is 647. The molecule has 2 aromatic rings. The van der Waals surface area contributed by atoms with Crippen LogP contribution in [0.15, 0.2) is 28.8 Å². The quantitative estimate of drug-likeness (QED) is 0.819. The fourth-order valence-electron chi connectivity index (χ4n) is 2.04. The van der Waals surface area contributed by atoms with Crippen molar-refractivity contribution in [2.45, 2.75) is 33.4 Å². The number of likely N-dealkylation sites (N-methyl/N-ethyl adjacent to an activating group) is 1. The molecule has 124 valence electrons. The van der Waals surface area contributed by atoms with Gasteiger partial charge in [-0.15, -0.1) is 0 Å². The van der Waals surface area contributed by atoms with Crippen molar-refractivity contribution < 1.29 is 14.1 Å². The molecule has 1 heterocycles. The number of aromatic nitrogens is 1. The zero-order valence-corrected chi connectivity index (χ0v) is 14.0. The SMILES string of the molecule is CNC(C)CNC(=O)c1cccc(OCc2c(C)noc2C)c1. The van der Waals surface area contributed by atoms with E-state index >= 15 is 0 Å². The lowest BCUT2D eigenvalue weighted by molar-refractivity contribution is 0.0950. The fraction of sp³-hybridized carbons (Fsp3) is 0.412. The Morgan fingerprint density at radius 2 is 2.17 bits per heavy atom. The minimum Gasteiger partial charge on any atom is -0.489 e. The van der Waals surface area contributed by atoms with Crippen molar-refractivity contribution >= 4 is 5.91 Å². The van der Waals surface area contributed by atoms with E-state index in [2.05, 4.69) is 15.8 Å². The molecule has 1 aromatic heterocycles. The van der Waals surface area contributed by atoms with E-state index < -0.39 is 0 Å². The zero-order valence-electron chi connectivity index (χ0n) is 14.0. The lowest BCUT2D eigenvalue weighted by Gasteiger charge is -2.12.